The molecule has 0 fully saturated rings. The molecule has 0 unspecified atom stereocenters. The van der Waals surface area contributed by atoms with E-state index in [1.54, 1.807) is 21.8 Å². The summed E-state index contributed by atoms with van der Waals surface area (Å²) in [5, 5.41) is 6.93. The Morgan fingerprint density at radius 1 is 1.06 bits per heavy atom. The predicted molar refractivity (Wildman–Crippen MR) is 148 cm³/mol. The fourth-order valence-corrected chi connectivity index (χ4v) is 5.12. The minimum atomic E-state index is -0.182. The highest BCUT2D eigenvalue weighted by atomic mass is 79.9. The SMILES string of the molecule is CC(=Nn1c(-c2cccc(Br)c2)csc1=Nc1c(C)n(C)n(-c2ccccc2)c1=O)c1cccnc1. The molecule has 0 aliphatic rings. The standard InChI is InChI=1S/C27H23BrN6OS/c1-18(21-10-8-14-29-16-21)31-33-24(20-9-7-11-22(28)15-20)17-36-27(33)30-25-19(2)32(3)34(26(25)35)23-12-5-4-6-13-23/h4-17H,1-3H3. The fourth-order valence-electron chi connectivity index (χ4n) is 3.88. The third-order valence-electron chi connectivity index (χ3n) is 5.87. The molecule has 0 amide bonds. The number of pyridine rings is 1. The fraction of sp³-hybridized carbons (Fsp3) is 0.111. The first-order valence-electron chi connectivity index (χ1n) is 11.3. The summed E-state index contributed by atoms with van der Waals surface area (Å²) in [6.07, 6.45) is 3.51. The average molecular weight is 559 g/mol. The van der Waals surface area contributed by atoms with Gasteiger partial charge < -0.3 is 0 Å². The van der Waals surface area contributed by atoms with E-state index < -0.39 is 0 Å². The van der Waals surface area contributed by atoms with Gasteiger partial charge in [-0.05, 0) is 44.2 Å². The van der Waals surface area contributed by atoms with Gasteiger partial charge in [-0.25, -0.2) is 14.4 Å². The Labute approximate surface area is 220 Å². The third kappa shape index (κ3) is 4.55. The summed E-state index contributed by atoms with van der Waals surface area (Å²) in [6.45, 7) is 3.84. The van der Waals surface area contributed by atoms with Crippen LogP contribution in [0.2, 0.25) is 0 Å². The number of hydrogen-bond donors (Lipinski definition) is 0. The highest BCUT2D eigenvalue weighted by molar-refractivity contribution is 9.10. The van der Waals surface area contributed by atoms with Crippen molar-refractivity contribution in [3.05, 3.63) is 115 Å². The maximum atomic E-state index is 13.5. The highest BCUT2D eigenvalue weighted by Gasteiger charge is 2.17. The summed E-state index contributed by atoms with van der Waals surface area (Å²) in [6, 6.07) is 21.4. The Balaban J connectivity index is 1.74. The van der Waals surface area contributed by atoms with Crippen LogP contribution in [0.4, 0.5) is 5.69 Å². The van der Waals surface area contributed by atoms with Crippen molar-refractivity contribution in [1.29, 1.82) is 0 Å². The van der Waals surface area contributed by atoms with Gasteiger partial charge >= 0.3 is 0 Å². The lowest BCUT2D eigenvalue weighted by molar-refractivity contribution is 0.630. The Hall–Kier alpha value is -3.82. The molecule has 0 saturated heterocycles. The van der Waals surface area contributed by atoms with E-state index in [0.29, 0.717) is 10.5 Å². The lowest BCUT2D eigenvalue weighted by atomic mass is 10.2. The van der Waals surface area contributed by atoms with Gasteiger partial charge in [0.25, 0.3) is 5.56 Å². The van der Waals surface area contributed by atoms with E-state index in [9.17, 15) is 4.79 Å². The minimum absolute atomic E-state index is 0.182. The van der Waals surface area contributed by atoms with Crippen LogP contribution in [0.1, 0.15) is 18.2 Å². The van der Waals surface area contributed by atoms with Crippen molar-refractivity contribution in [2.24, 2.45) is 17.1 Å². The van der Waals surface area contributed by atoms with Crippen LogP contribution >= 0.6 is 27.3 Å². The summed E-state index contributed by atoms with van der Waals surface area (Å²) in [4.78, 5) is 23.2. The Morgan fingerprint density at radius 3 is 2.58 bits per heavy atom. The number of aromatic nitrogens is 4. The van der Waals surface area contributed by atoms with Gasteiger partial charge in [-0.3, -0.25) is 14.5 Å². The molecule has 3 heterocycles. The maximum absolute atomic E-state index is 13.5. The molecular weight excluding hydrogens is 536 g/mol. The van der Waals surface area contributed by atoms with Gasteiger partial charge in [-0.1, -0.05) is 52.3 Å². The number of hydrogen-bond acceptors (Lipinski definition) is 5. The first-order valence-corrected chi connectivity index (χ1v) is 12.9. The quantitative estimate of drug-likeness (QED) is 0.260. The molecule has 5 aromatic rings. The van der Waals surface area contributed by atoms with E-state index in [4.69, 9.17) is 10.1 Å². The van der Waals surface area contributed by atoms with Crippen LogP contribution in [-0.4, -0.2) is 24.7 Å². The number of para-hydroxylation sites is 1. The summed E-state index contributed by atoms with van der Waals surface area (Å²) in [7, 11) is 1.86. The van der Waals surface area contributed by atoms with Gasteiger partial charge in [-0.15, -0.1) is 11.3 Å². The van der Waals surface area contributed by atoms with Crippen molar-refractivity contribution in [2.45, 2.75) is 13.8 Å². The van der Waals surface area contributed by atoms with Crippen LogP contribution in [0.15, 0.2) is 104 Å². The van der Waals surface area contributed by atoms with E-state index >= 15 is 0 Å². The van der Waals surface area contributed by atoms with Gasteiger partial charge in [0, 0.05) is 40.4 Å². The number of halogens is 1. The molecule has 2 aromatic carbocycles. The van der Waals surface area contributed by atoms with Crippen LogP contribution in [0.5, 0.6) is 0 Å². The molecule has 0 spiro atoms. The van der Waals surface area contributed by atoms with Gasteiger partial charge in [0.2, 0.25) is 4.80 Å². The molecule has 0 aliphatic carbocycles. The van der Waals surface area contributed by atoms with Crippen molar-refractivity contribution in [3.8, 4) is 16.9 Å². The zero-order valence-corrected chi connectivity index (χ0v) is 22.4. The van der Waals surface area contributed by atoms with Crippen LogP contribution < -0.4 is 10.4 Å². The zero-order valence-electron chi connectivity index (χ0n) is 20.0. The molecule has 0 N–H and O–H groups in total. The van der Waals surface area contributed by atoms with E-state index in [2.05, 4.69) is 20.9 Å². The summed E-state index contributed by atoms with van der Waals surface area (Å²) >= 11 is 5.00. The zero-order chi connectivity index (χ0) is 25.2. The van der Waals surface area contributed by atoms with E-state index in [0.717, 1.165) is 38.4 Å². The highest BCUT2D eigenvalue weighted by Crippen LogP contribution is 2.25. The van der Waals surface area contributed by atoms with E-state index in [1.165, 1.54) is 11.3 Å². The molecule has 9 heteroatoms. The van der Waals surface area contributed by atoms with Gasteiger partial charge in [0.1, 0.15) is 0 Å². The molecule has 0 radical (unpaired) electrons. The maximum Gasteiger partial charge on any atom is 0.297 e. The largest absolute Gasteiger partial charge is 0.297 e. The molecule has 0 atom stereocenters. The van der Waals surface area contributed by atoms with Crippen LogP contribution in [0, 0.1) is 6.92 Å². The van der Waals surface area contributed by atoms with Crippen molar-refractivity contribution in [1.82, 2.24) is 19.0 Å². The van der Waals surface area contributed by atoms with Crippen molar-refractivity contribution in [3.63, 3.8) is 0 Å². The summed E-state index contributed by atoms with van der Waals surface area (Å²) in [5.41, 5.74) is 5.30. The Bertz CT molecular complexity index is 1690. The topological polar surface area (TPSA) is 69.5 Å². The van der Waals surface area contributed by atoms with E-state index in [1.807, 2.05) is 97.7 Å². The summed E-state index contributed by atoms with van der Waals surface area (Å²) in [5.74, 6) is 0. The molecule has 0 bridgehead atoms. The second-order valence-electron chi connectivity index (χ2n) is 8.17. The Morgan fingerprint density at radius 2 is 1.86 bits per heavy atom. The van der Waals surface area contributed by atoms with E-state index in [-0.39, 0.29) is 5.56 Å². The first kappa shape index (κ1) is 23.9. The average Bonchev–Trinajstić information content (AvgIpc) is 3.38. The second kappa shape index (κ2) is 10.0. The van der Waals surface area contributed by atoms with Crippen molar-refractivity contribution in [2.75, 3.05) is 0 Å². The monoisotopic (exact) mass is 558 g/mol. The summed E-state index contributed by atoms with van der Waals surface area (Å²) < 4.78 is 6.22. The lowest BCUT2D eigenvalue weighted by Gasteiger charge is -2.07. The minimum Gasteiger partial charge on any atom is -0.283 e. The van der Waals surface area contributed by atoms with Gasteiger partial charge in [0.15, 0.2) is 5.69 Å². The van der Waals surface area contributed by atoms with Gasteiger partial charge in [0.05, 0.1) is 22.8 Å². The molecule has 36 heavy (non-hydrogen) atoms. The molecule has 7 nitrogen and oxygen atoms in total. The molecular formula is C27H23BrN6OS. The second-order valence-corrected chi connectivity index (χ2v) is 9.93. The first-order chi connectivity index (χ1) is 17.4. The molecule has 180 valence electrons. The lowest BCUT2D eigenvalue weighted by Crippen LogP contribution is -2.20. The molecule has 0 saturated carbocycles. The smallest absolute Gasteiger partial charge is 0.283 e. The molecule has 5 rings (SSSR count). The number of rotatable bonds is 5. The number of thiazole rings is 1. The Kier molecular flexibility index (Phi) is 6.67. The molecule has 0 aliphatic heterocycles. The molecule has 3 aromatic heterocycles. The van der Waals surface area contributed by atoms with Gasteiger partial charge in [-0.2, -0.15) is 5.10 Å². The van der Waals surface area contributed by atoms with Crippen molar-refractivity contribution < 1.29 is 0 Å². The van der Waals surface area contributed by atoms with Crippen LogP contribution in [0.25, 0.3) is 16.9 Å². The number of benzene rings is 2. The third-order valence-corrected chi connectivity index (χ3v) is 7.18. The number of nitrogens with zero attached hydrogens (tertiary/aromatic N) is 6. The predicted octanol–water partition coefficient (Wildman–Crippen LogP) is 5.68. The normalized spacial score (nSPS) is 12.3. The van der Waals surface area contributed by atoms with Crippen LogP contribution in [0.3, 0.4) is 0 Å². The van der Waals surface area contributed by atoms with Crippen molar-refractivity contribution >= 4 is 38.7 Å². The van der Waals surface area contributed by atoms with Crippen LogP contribution in [-0.2, 0) is 7.05 Å².